The number of carbonyl (C=O) groups is 1. The van der Waals surface area contributed by atoms with Crippen molar-refractivity contribution in [3.8, 4) is 0 Å². The molecule has 106 valence electrons. The van der Waals surface area contributed by atoms with Gasteiger partial charge in [0.25, 0.3) is 0 Å². The van der Waals surface area contributed by atoms with Gasteiger partial charge in [0.2, 0.25) is 5.91 Å². The second kappa shape index (κ2) is 6.47. The molecular formula is C13H19F2N3O. The normalized spacial score (nSPS) is 10.8. The topological polar surface area (TPSA) is 72.3 Å². The molecule has 1 amide bonds. The van der Waals surface area contributed by atoms with E-state index in [1.165, 1.54) is 17.0 Å². The molecule has 0 atom stereocenters. The lowest BCUT2D eigenvalue weighted by Crippen LogP contribution is -2.37. The Bertz CT molecular complexity index is 463. The minimum Gasteiger partial charge on any atom is -0.368 e. The van der Waals surface area contributed by atoms with Crippen LogP contribution in [0.4, 0.5) is 14.5 Å². The lowest BCUT2D eigenvalue weighted by atomic mass is 10.1. The van der Waals surface area contributed by atoms with E-state index in [9.17, 15) is 13.6 Å². The van der Waals surface area contributed by atoms with Crippen molar-refractivity contribution in [3.05, 3.63) is 29.3 Å². The molecule has 4 N–H and O–H groups in total. The van der Waals surface area contributed by atoms with Crippen LogP contribution in [0.3, 0.4) is 0 Å². The number of hydrogen-bond acceptors (Lipinski definition) is 3. The van der Waals surface area contributed by atoms with E-state index in [0.29, 0.717) is 6.54 Å². The Kier molecular flexibility index (Phi) is 5.23. The van der Waals surface area contributed by atoms with Crippen molar-refractivity contribution in [2.75, 3.05) is 18.0 Å². The van der Waals surface area contributed by atoms with Crippen molar-refractivity contribution in [2.45, 2.75) is 20.4 Å². The first-order chi connectivity index (χ1) is 8.86. The van der Waals surface area contributed by atoms with Gasteiger partial charge in [0.05, 0.1) is 12.2 Å². The highest BCUT2D eigenvalue weighted by molar-refractivity contribution is 5.79. The summed E-state index contributed by atoms with van der Waals surface area (Å²) >= 11 is 0. The minimum absolute atomic E-state index is 0.0298. The van der Waals surface area contributed by atoms with Crippen molar-refractivity contribution in [2.24, 2.45) is 17.4 Å². The first-order valence-electron chi connectivity index (χ1n) is 6.07. The summed E-state index contributed by atoms with van der Waals surface area (Å²) in [7, 11) is 0. The Morgan fingerprint density at radius 3 is 2.42 bits per heavy atom. The number of nitrogens with zero attached hydrogens (tertiary/aromatic N) is 1. The van der Waals surface area contributed by atoms with Gasteiger partial charge < -0.3 is 16.4 Å². The maximum Gasteiger partial charge on any atom is 0.236 e. The van der Waals surface area contributed by atoms with Gasteiger partial charge in [-0.2, -0.15) is 0 Å². The SMILES string of the molecule is CC(C)CN(CC(N)=O)c1ccc(CN)c(F)c1F. The highest BCUT2D eigenvalue weighted by Gasteiger charge is 2.19. The minimum atomic E-state index is -0.996. The number of hydrogen-bond donors (Lipinski definition) is 2. The average molecular weight is 271 g/mol. The zero-order chi connectivity index (χ0) is 14.6. The standard InChI is InChI=1S/C13H19F2N3O/c1-8(2)6-18(7-11(17)19)10-4-3-9(5-16)12(14)13(10)15/h3-4,8H,5-7,16H2,1-2H3,(H2,17,19). The first-order valence-corrected chi connectivity index (χ1v) is 6.07. The van der Waals surface area contributed by atoms with Gasteiger partial charge in [0.1, 0.15) is 0 Å². The quantitative estimate of drug-likeness (QED) is 0.820. The third-order valence-corrected chi connectivity index (χ3v) is 2.63. The van der Waals surface area contributed by atoms with Gasteiger partial charge in [0.15, 0.2) is 11.6 Å². The van der Waals surface area contributed by atoms with Gasteiger partial charge >= 0.3 is 0 Å². The second-order valence-corrected chi connectivity index (χ2v) is 4.82. The molecule has 1 aromatic rings. The zero-order valence-corrected chi connectivity index (χ0v) is 11.1. The predicted molar refractivity (Wildman–Crippen MR) is 70.5 cm³/mol. The summed E-state index contributed by atoms with van der Waals surface area (Å²) in [5, 5.41) is 0. The highest BCUT2D eigenvalue weighted by Crippen LogP contribution is 2.24. The Hall–Kier alpha value is -1.69. The summed E-state index contributed by atoms with van der Waals surface area (Å²) in [6, 6.07) is 2.84. The van der Waals surface area contributed by atoms with Crippen LogP contribution in [-0.4, -0.2) is 19.0 Å². The molecular weight excluding hydrogens is 252 g/mol. The second-order valence-electron chi connectivity index (χ2n) is 4.82. The number of carbonyl (C=O) groups excluding carboxylic acids is 1. The van der Waals surface area contributed by atoms with E-state index in [1.54, 1.807) is 0 Å². The fraction of sp³-hybridized carbons (Fsp3) is 0.462. The molecule has 1 aromatic carbocycles. The molecule has 19 heavy (non-hydrogen) atoms. The zero-order valence-electron chi connectivity index (χ0n) is 11.1. The molecule has 0 heterocycles. The molecule has 0 aromatic heterocycles. The van der Waals surface area contributed by atoms with Gasteiger partial charge in [-0.1, -0.05) is 19.9 Å². The molecule has 0 saturated carbocycles. The lowest BCUT2D eigenvalue weighted by Gasteiger charge is -2.26. The summed E-state index contributed by atoms with van der Waals surface area (Å²) < 4.78 is 27.7. The van der Waals surface area contributed by atoms with E-state index in [2.05, 4.69) is 0 Å². The Morgan fingerprint density at radius 1 is 1.32 bits per heavy atom. The highest BCUT2D eigenvalue weighted by atomic mass is 19.2. The van der Waals surface area contributed by atoms with Crippen LogP contribution in [0.2, 0.25) is 0 Å². The molecule has 0 aliphatic rings. The monoisotopic (exact) mass is 271 g/mol. The van der Waals surface area contributed by atoms with E-state index in [4.69, 9.17) is 11.5 Å². The third kappa shape index (κ3) is 3.89. The molecule has 0 saturated heterocycles. The van der Waals surface area contributed by atoms with Crippen molar-refractivity contribution in [3.63, 3.8) is 0 Å². The van der Waals surface area contributed by atoms with Gasteiger partial charge in [-0.15, -0.1) is 0 Å². The van der Waals surface area contributed by atoms with Crippen LogP contribution in [0.5, 0.6) is 0 Å². The van der Waals surface area contributed by atoms with E-state index in [1.807, 2.05) is 13.8 Å². The predicted octanol–water partition coefficient (Wildman–Crippen LogP) is 1.37. The molecule has 0 spiro atoms. The molecule has 4 nitrogen and oxygen atoms in total. The Morgan fingerprint density at radius 2 is 1.95 bits per heavy atom. The number of halogens is 2. The van der Waals surface area contributed by atoms with E-state index in [-0.39, 0.29) is 30.3 Å². The fourth-order valence-electron chi connectivity index (χ4n) is 1.86. The average Bonchev–Trinajstić information content (AvgIpc) is 2.30. The summed E-state index contributed by atoms with van der Waals surface area (Å²) in [6.07, 6.45) is 0. The summed E-state index contributed by atoms with van der Waals surface area (Å²) in [4.78, 5) is 12.5. The van der Waals surface area contributed by atoms with Gasteiger partial charge in [-0.25, -0.2) is 8.78 Å². The lowest BCUT2D eigenvalue weighted by molar-refractivity contribution is -0.116. The molecule has 0 radical (unpaired) electrons. The number of nitrogens with two attached hydrogens (primary N) is 2. The Labute approximate surface area is 111 Å². The maximum atomic E-state index is 14.0. The molecule has 0 unspecified atom stereocenters. The van der Waals surface area contributed by atoms with Crippen LogP contribution in [0.1, 0.15) is 19.4 Å². The van der Waals surface area contributed by atoms with Crippen molar-refractivity contribution >= 4 is 11.6 Å². The van der Waals surface area contributed by atoms with E-state index in [0.717, 1.165) is 0 Å². The van der Waals surface area contributed by atoms with Gasteiger partial charge in [0, 0.05) is 18.7 Å². The number of rotatable bonds is 6. The smallest absolute Gasteiger partial charge is 0.236 e. The van der Waals surface area contributed by atoms with Crippen molar-refractivity contribution in [1.82, 2.24) is 0 Å². The maximum absolute atomic E-state index is 14.0. The van der Waals surface area contributed by atoms with Crippen LogP contribution >= 0.6 is 0 Å². The molecule has 6 heteroatoms. The summed E-state index contributed by atoms with van der Waals surface area (Å²) in [6.45, 7) is 3.99. The molecule has 0 aliphatic carbocycles. The molecule has 1 rings (SSSR count). The number of anilines is 1. The van der Waals surface area contributed by atoms with Crippen LogP contribution in [0, 0.1) is 17.6 Å². The van der Waals surface area contributed by atoms with Crippen LogP contribution in [0.25, 0.3) is 0 Å². The molecule has 0 bridgehead atoms. The Balaban J connectivity index is 3.15. The summed E-state index contributed by atoms with van der Waals surface area (Å²) in [5.74, 6) is -2.39. The third-order valence-electron chi connectivity index (χ3n) is 2.63. The van der Waals surface area contributed by atoms with Crippen LogP contribution < -0.4 is 16.4 Å². The fourth-order valence-corrected chi connectivity index (χ4v) is 1.86. The van der Waals surface area contributed by atoms with Gasteiger partial charge in [-0.3, -0.25) is 4.79 Å². The van der Waals surface area contributed by atoms with E-state index >= 15 is 0 Å². The van der Waals surface area contributed by atoms with Crippen molar-refractivity contribution < 1.29 is 13.6 Å². The largest absolute Gasteiger partial charge is 0.368 e. The molecule has 0 fully saturated rings. The summed E-state index contributed by atoms with van der Waals surface area (Å²) in [5.41, 5.74) is 10.6. The molecule has 0 aliphatic heterocycles. The first kappa shape index (κ1) is 15.4. The van der Waals surface area contributed by atoms with Crippen LogP contribution in [-0.2, 0) is 11.3 Å². The number of amides is 1. The van der Waals surface area contributed by atoms with Crippen molar-refractivity contribution in [1.29, 1.82) is 0 Å². The number of primary amides is 1. The number of benzene rings is 1. The van der Waals surface area contributed by atoms with Gasteiger partial charge in [-0.05, 0) is 12.0 Å². The van der Waals surface area contributed by atoms with E-state index < -0.39 is 17.5 Å². The van der Waals surface area contributed by atoms with Crippen LogP contribution in [0.15, 0.2) is 12.1 Å².